The highest BCUT2D eigenvalue weighted by Crippen LogP contribution is 2.35. The number of Topliss-reactive ketones (excluding diaryl/α,β-unsaturated/α-hetero) is 1. The number of hydrogen-bond donors (Lipinski definition) is 0. The number of benzene rings is 2. The topological polar surface area (TPSA) is 37.4 Å². The number of amides is 1. The van der Waals surface area contributed by atoms with Gasteiger partial charge < -0.3 is 4.90 Å². The summed E-state index contributed by atoms with van der Waals surface area (Å²) in [6.45, 7) is 0.352. The molecule has 2 aromatic rings. The Hall–Kier alpha value is -1.65. The first kappa shape index (κ1) is 13.3. The van der Waals surface area contributed by atoms with Gasteiger partial charge in [-0.2, -0.15) is 0 Å². The Morgan fingerprint density at radius 1 is 1.05 bits per heavy atom. The lowest BCUT2D eigenvalue weighted by Crippen LogP contribution is -2.29. The molecule has 1 aliphatic heterocycles. The van der Waals surface area contributed by atoms with Gasteiger partial charge in [0.15, 0.2) is 0 Å². The maximum atomic E-state index is 12.1. The minimum atomic E-state index is -0.539. The van der Waals surface area contributed by atoms with Crippen LogP contribution < -0.4 is 4.90 Å². The fourth-order valence-corrected chi connectivity index (χ4v) is 2.75. The van der Waals surface area contributed by atoms with Crippen molar-refractivity contribution in [3.8, 4) is 0 Å². The van der Waals surface area contributed by atoms with Crippen molar-refractivity contribution in [1.82, 2.24) is 0 Å². The highest BCUT2D eigenvalue weighted by molar-refractivity contribution is 9.10. The van der Waals surface area contributed by atoms with Crippen molar-refractivity contribution in [3.63, 3.8) is 0 Å². The van der Waals surface area contributed by atoms with E-state index >= 15 is 0 Å². The quantitative estimate of drug-likeness (QED) is 0.772. The molecular weight excluding hydrogens is 342 g/mol. The molecule has 3 rings (SSSR count). The first-order valence-corrected chi connectivity index (χ1v) is 7.14. The normalized spacial score (nSPS) is 13.8. The average molecular weight is 351 g/mol. The standard InChI is InChI=1S/C15H9BrClNO2/c16-10-6-4-9(5-7-10)8-18-12-3-1-2-11(17)13(12)14(19)15(18)20/h1-7H,8H2. The summed E-state index contributed by atoms with van der Waals surface area (Å²) in [6.07, 6.45) is 0. The van der Waals surface area contributed by atoms with Gasteiger partial charge >= 0.3 is 0 Å². The van der Waals surface area contributed by atoms with Crippen LogP contribution in [-0.4, -0.2) is 11.7 Å². The van der Waals surface area contributed by atoms with Crippen LogP contribution >= 0.6 is 27.5 Å². The average Bonchev–Trinajstić information content (AvgIpc) is 2.67. The molecule has 100 valence electrons. The molecule has 0 saturated carbocycles. The summed E-state index contributed by atoms with van der Waals surface area (Å²) in [6, 6.07) is 12.7. The second kappa shape index (κ2) is 5.04. The summed E-state index contributed by atoms with van der Waals surface area (Å²) in [5, 5.41) is 0.319. The molecule has 0 fully saturated rings. The summed E-state index contributed by atoms with van der Waals surface area (Å²) in [7, 11) is 0. The fourth-order valence-electron chi connectivity index (χ4n) is 2.23. The van der Waals surface area contributed by atoms with E-state index in [1.54, 1.807) is 18.2 Å². The van der Waals surface area contributed by atoms with Crippen molar-refractivity contribution >= 4 is 44.9 Å². The molecule has 1 heterocycles. The number of hydrogen-bond acceptors (Lipinski definition) is 2. The molecule has 0 bridgehead atoms. The molecule has 0 spiro atoms. The van der Waals surface area contributed by atoms with Crippen LogP contribution in [0.2, 0.25) is 5.02 Å². The molecule has 0 radical (unpaired) electrons. The Kier molecular flexibility index (Phi) is 3.36. The van der Waals surface area contributed by atoms with Gasteiger partial charge in [-0.25, -0.2) is 0 Å². The van der Waals surface area contributed by atoms with E-state index in [2.05, 4.69) is 15.9 Å². The summed E-state index contributed by atoms with van der Waals surface area (Å²) in [4.78, 5) is 25.5. The number of carbonyl (C=O) groups is 2. The van der Waals surface area contributed by atoms with Gasteiger partial charge in [0, 0.05) is 4.47 Å². The molecule has 5 heteroatoms. The zero-order valence-corrected chi connectivity index (χ0v) is 12.6. The summed E-state index contributed by atoms with van der Waals surface area (Å²) < 4.78 is 0.966. The second-order valence-corrected chi connectivity index (χ2v) is 5.80. The van der Waals surface area contributed by atoms with Crippen LogP contribution in [0.4, 0.5) is 5.69 Å². The summed E-state index contributed by atoms with van der Waals surface area (Å²) in [5.41, 5.74) is 1.83. The Morgan fingerprint density at radius 3 is 2.45 bits per heavy atom. The van der Waals surface area contributed by atoms with E-state index in [9.17, 15) is 9.59 Å². The zero-order chi connectivity index (χ0) is 14.3. The molecule has 1 aliphatic rings. The van der Waals surface area contributed by atoms with Crippen molar-refractivity contribution in [2.24, 2.45) is 0 Å². The SMILES string of the molecule is O=C1C(=O)N(Cc2ccc(Br)cc2)c2cccc(Cl)c21. The maximum Gasteiger partial charge on any atom is 0.299 e. The minimum absolute atomic E-state index is 0.302. The second-order valence-electron chi connectivity index (χ2n) is 4.48. The van der Waals surface area contributed by atoms with Crippen LogP contribution in [0.3, 0.4) is 0 Å². The minimum Gasteiger partial charge on any atom is -0.300 e. The Labute approximate surface area is 129 Å². The number of anilines is 1. The highest BCUT2D eigenvalue weighted by Gasteiger charge is 2.37. The van der Waals surface area contributed by atoms with Crippen LogP contribution in [0, 0.1) is 0 Å². The molecular formula is C15H9BrClNO2. The Morgan fingerprint density at radius 2 is 1.75 bits per heavy atom. The molecule has 1 amide bonds. The number of nitrogens with zero attached hydrogens (tertiary/aromatic N) is 1. The van der Waals surface area contributed by atoms with Crippen LogP contribution in [-0.2, 0) is 11.3 Å². The molecule has 0 saturated heterocycles. The maximum absolute atomic E-state index is 12.1. The molecule has 0 aliphatic carbocycles. The van der Waals surface area contributed by atoms with Gasteiger partial charge in [0.2, 0.25) is 0 Å². The van der Waals surface area contributed by atoms with E-state index in [4.69, 9.17) is 11.6 Å². The smallest absolute Gasteiger partial charge is 0.299 e. The summed E-state index contributed by atoms with van der Waals surface area (Å²) >= 11 is 9.38. The van der Waals surface area contributed by atoms with Gasteiger partial charge in [0.1, 0.15) is 0 Å². The number of halogens is 2. The van der Waals surface area contributed by atoms with E-state index in [1.807, 2.05) is 24.3 Å². The number of ketones is 1. The molecule has 0 N–H and O–H groups in total. The Balaban J connectivity index is 1.99. The number of carbonyl (C=O) groups excluding carboxylic acids is 2. The van der Waals surface area contributed by atoms with Gasteiger partial charge in [0.25, 0.3) is 11.7 Å². The van der Waals surface area contributed by atoms with E-state index in [-0.39, 0.29) is 0 Å². The van der Waals surface area contributed by atoms with Gasteiger partial charge in [-0.3, -0.25) is 9.59 Å². The van der Waals surface area contributed by atoms with Gasteiger partial charge in [-0.1, -0.05) is 45.7 Å². The van der Waals surface area contributed by atoms with E-state index in [0.29, 0.717) is 22.8 Å². The monoisotopic (exact) mass is 349 g/mol. The predicted molar refractivity (Wildman–Crippen MR) is 81.1 cm³/mol. The number of rotatable bonds is 2. The van der Waals surface area contributed by atoms with E-state index in [1.165, 1.54) is 4.90 Å². The van der Waals surface area contributed by atoms with Crippen molar-refractivity contribution in [2.75, 3.05) is 4.90 Å². The largest absolute Gasteiger partial charge is 0.300 e. The van der Waals surface area contributed by atoms with E-state index in [0.717, 1.165) is 10.0 Å². The first-order valence-electron chi connectivity index (χ1n) is 5.97. The number of fused-ring (bicyclic) bond motifs is 1. The molecule has 3 nitrogen and oxygen atoms in total. The highest BCUT2D eigenvalue weighted by atomic mass is 79.9. The van der Waals surface area contributed by atoms with Crippen LogP contribution in [0.25, 0.3) is 0 Å². The summed E-state index contributed by atoms with van der Waals surface area (Å²) in [5.74, 6) is -1.07. The lowest BCUT2D eigenvalue weighted by Gasteiger charge is -2.16. The Bertz CT molecular complexity index is 712. The molecule has 0 unspecified atom stereocenters. The lowest BCUT2D eigenvalue weighted by atomic mass is 10.1. The first-order chi connectivity index (χ1) is 9.58. The van der Waals surface area contributed by atoms with Crippen LogP contribution in [0.5, 0.6) is 0 Å². The van der Waals surface area contributed by atoms with Crippen molar-refractivity contribution < 1.29 is 9.59 Å². The molecule has 0 aromatic heterocycles. The van der Waals surface area contributed by atoms with Crippen molar-refractivity contribution in [1.29, 1.82) is 0 Å². The van der Waals surface area contributed by atoms with Gasteiger partial charge in [-0.05, 0) is 29.8 Å². The predicted octanol–water partition coefficient (Wildman–Crippen LogP) is 3.83. The zero-order valence-electron chi connectivity index (χ0n) is 10.3. The fraction of sp³-hybridized carbons (Fsp3) is 0.0667. The molecule has 0 atom stereocenters. The molecule has 2 aromatic carbocycles. The third-order valence-corrected chi connectivity index (χ3v) is 4.05. The molecule has 20 heavy (non-hydrogen) atoms. The third kappa shape index (κ3) is 2.15. The lowest BCUT2D eigenvalue weighted by molar-refractivity contribution is -0.114. The van der Waals surface area contributed by atoms with Gasteiger partial charge in [-0.15, -0.1) is 0 Å². The third-order valence-electron chi connectivity index (χ3n) is 3.20. The van der Waals surface area contributed by atoms with Crippen LogP contribution in [0.15, 0.2) is 46.9 Å². The van der Waals surface area contributed by atoms with E-state index < -0.39 is 11.7 Å². The van der Waals surface area contributed by atoms with Crippen molar-refractivity contribution in [3.05, 3.63) is 63.1 Å². The van der Waals surface area contributed by atoms with Gasteiger partial charge in [0.05, 0.1) is 22.8 Å². The van der Waals surface area contributed by atoms with Crippen molar-refractivity contribution in [2.45, 2.75) is 6.54 Å². The van der Waals surface area contributed by atoms with Crippen LogP contribution in [0.1, 0.15) is 15.9 Å².